The molecular formula is C23H18BrN3O3S. The molecular weight excluding hydrogens is 478 g/mol. The van der Waals surface area contributed by atoms with Gasteiger partial charge in [0, 0.05) is 11.9 Å². The van der Waals surface area contributed by atoms with Crippen molar-refractivity contribution >= 4 is 48.1 Å². The molecule has 6 nitrogen and oxygen atoms in total. The van der Waals surface area contributed by atoms with Crippen molar-refractivity contribution in [1.82, 2.24) is 9.97 Å². The summed E-state index contributed by atoms with van der Waals surface area (Å²) in [7, 11) is -3.83. The molecule has 4 rings (SSSR count). The van der Waals surface area contributed by atoms with E-state index in [0.717, 1.165) is 16.3 Å². The van der Waals surface area contributed by atoms with Crippen molar-refractivity contribution in [2.75, 3.05) is 5.32 Å². The van der Waals surface area contributed by atoms with Gasteiger partial charge in [0.15, 0.2) is 0 Å². The van der Waals surface area contributed by atoms with Crippen molar-refractivity contribution in [2.45, 2.75) is 17.8 Å². The second-order valence-corrected chi connectivity index (χ2v) is 9.79. The van der Waals surface area contributed by atoms with Gasteiger partial charge in [0.25, 0.3) is 5.91 Å². The molecule has 0 unspecified atom stereocenters. The van der Waals surface area contributed by atoms with Crippen molar-refractivity contribution in [3.05, 3.63) is 94.2 Å². The summed E-state index contributed by atoms with van der Waals surface area (Å²) in [5, 5.41) is 4.41. The summed E-state index contributed by atoms with van der Waals surface area (Å²) in [6, 6.07) is 20.5. The Bertz CT molecular complexity index is 1400. The molecule has 1 N–H and O–H groups in total. The van der Waals surface area contributed by atoms with E-state index in [-0.39, 0.29) is 16.6 Å². The number of carbonyl (C=O) groups excluding carboxylic acids is 1. The molecule has 1 aromatic heterocycles. The van der Waals surface area contributed by atoms with Gasteiger partial charge in [-0.15, -0.1) is 0 Å². The number of rotatable bonds is 5. The molecule has 0 fully saturated rings. The van der Waals surface area contributed by atoms with E-state index >= 15 is 0 Å². The zero-order valence-electron chi connectivity index (χ0n) is 16.5. The van der Waals surface area contributed by atoms with Crippen LogP contribution in [0.1, 0.15) is 21.6 Å². The van der Waals surface area contributed by atoms with Crippen LogP contribution < -0.4 is 5.32 Å². The van der Waals surface area contributed by atoms with Crippen LogP contribution in [-0.4, -0.2) is 24.3 Å². The highest BCUT2D eigenvalue weighted by Gasteiger charge is 2.23. The number of benzene rings is 3. The van der Waals surface area contributed by atoms with Crippen molar-refractivity contribution in [3.63, 3.8) is 0 Å². The Balaban J connectivity index is 1.62. The fourth-order valence-corrected chi connectivity index (χ4v) is 4.84. The summed E-state index contributed by atoms with van der Waals surface area (Å²) in [4.78, 5) is 20.8. The number of hydrogen-bond donors (Lipinski definition) is 1. The number of amides is 1. The highest BCUT2D eigenvalue weighted by Crippen LogP contribution is 2.22. The number of fused-ring (bicyclic) bond motifs is 1. The summed E-state index contributed by atoms with van der Waals surface area (Å²) in [6.45, 7) is 1.84. The van der Waals surface area contributed by atoms with Gasteiger partial charge in [0.1, 0.15) is 5.69 Å². The lowest BCUT2D eigenvalue weighted by Crippen LogP contribution is -2.18. The average molecular weight is 496 g/mol. The minimum absolute atomic E-state index is 0.0495. The number of nitrogens with one attached hydrogen (secondary N) is 1. The molecule has 0 aliphatic carbocycles. The van der Waals surface area contributed by atoms with Crippen molar-refractivity contribution in [3.8, 4) is 0 Å². The first-order valence-corrected chi connectivity index (χ1v) is 11.9. The predicted octanol–water partition coefficient (Wildman–Crippen LogP) is 4.93. The average Bonchev–Trinajstić information content (AvgIpc) is 2.75. The third kappa shape index (κ3) is 4.65. The van der Waals surface area contributed by atoms with Gasteiger partial charge >= 0.3 is 0 Å². The molecule has 8 heteroatoms. The van der Waals surface area contributed by atoms with Crippen LogP contribution in [0.15, 0.2) is 82.6 Å². The van der Waals surface area contributed by atoms with Gasteiger partial charge in [-0.25, -0.2) is 18.4 Å². The number of halogens is 1. The first-order chi connectivity index (χ1) is 14.8. The highest BCUT2D eigenvalue weighted by molar-refractivity contribution is 9.10. The maximum atomic E-state index is 12.9. The highest BCUT2D eigenvalue weighted by atomic mass is 79.9. The molecule has 0 saturated heterocycles. The Labute approximate surface area is 188 Å². The second-order valence-electron chi connectivity index (χ2n) is 7.05. The summed E-state index contributed by atoms with van der Waals surface area (Å²) in [5.74, 6) is -0.774. The largest absolute Gasteiger partial charge is 0.321 e. The van der Waals surface area contributed by atoms with Crippen LogP contribution in [0.4, 0.5) is 5.69 Å². The van der Waals surface area contributed by atoms with Crippen LogP contribution >= 0.6 is 15.9 Å². The number of aryl methyl sites for hydroxylation is 1. The quantitative estimate of drug-likeness (QED) is 0.396. The van der Waals surface area contributed by atoms with E-state index in [1.807, 2.05) is 55.5 Å². The van der Waals surface area contributed by atoms with Crippen LogP contribution in [0.25, 0.3) is 10.8 Å². The third-order valence-electron chi connectivity index (χ3n) is 4.83. The van der Waals surface area contributed by atoms with Crippen molar-refractivity contribution < 1.29 is 13.2 Å². The minimum Gasteiger partial charge on any atom is -0.321 e. The lowest BCUT2D eigenvalue weighted by molar-refractivity contribution is 0.102. The van der Waals surface area contributed by atoms with Gasteiger partial charge in [-0.2, -0.15) is 0 Å². The molecule has 1 heterocycles. The van der Waals surface area contributed by atoms with E-state index < -0.39 is 15.7 Å². The minimum atomic E-state index is -3.83. The molecule has 0 spiro atoms. The van der Waals surface area contributed by atoms with Gasteiger partial charge in [-0.05, 0) is 56.9 Å². The van der Waals surface area contributed by atoms with E-state index in [9.17, 15) is 13.2 Å². The Morgan fingerprint density at radius 2 is 1.71 bits per heavy atom. The molecule has 3 aromatic carbocycles. The van der Waals surface area contributed by atoms with Crippen LogP contribution in [0.5, 0.6) is 0 Å². The molecule has 0 atom stereocenters. The van der Waals surface area contributed by atoms with E-state index in [1.54, 1.807) is 18.2 Å². The van der Waals surface area contributed by atoms with Crippen LogP contribution in [0.2, 0.25) is 0 Å². The first-order valence-electron chi connectivity index (χ1n) is 9.43. The number of hydrogen-bond acceptors (Lipinski definition) is 5. The van der Waals surface area contributed by atoms with Crippen molar-refractivity contribution in [2.24, 2.45) is 0 Å². The fourth-order valence-electron chi connectivity index (χ4n) is 3.16. The van der Waals surface area contributed by atoms with Gasteiger partial charge in [-0.3, -0.25) is 4.79 Å². The van der Waals surface area contributed by atoms with E-state index in [4.69, 9.17) is 0 Å². The monoisotopic (exact) mass is 495 g/mol. The summed E-state index contributed by atoms with van der Waals surface area (Å²) >= 11 is 3.25. The molecule has 0 aliphatic heterocycles. The SMILES string of the molecule is Cc1ccccc1CS(=O)(=O)c1ncc(Br)c(C(=O)Nc2ccc3ccccc3c2)n1. The number of sulfone groups is 1. The summed E-state index contributed by atoms with van der Waals surface area (Å²) in [6.07, 6.45) is 1.28. The Kier molecular flexibility index (Phi) is 5.84. The van der Waals surface area contributed by atoms with Gasteiger partial charge in [0.2, 0.25) is 15.0 Å². The molecule has 0 aliphatic rings. The zero-order valence-corrected chi connectivity index (χ0v) is 18.9. The second kappa shape index (κ2) is 8.56. The van der Waals surface area contributed by atoms with Crippen molar-refractivity contribution in [1.29, 1.82) is 0 Å². The Morgan fingerprint density at radius 3 is 2.48 bits per heavy atom. The summed E-state index contributed by atoms with van der Waals surface area (Å²) in [5.41, 5.74) is 2.05. The number of aromatic nitrogens is 2. The standard InChI is InChI=1S/C23H18BrN3O3S/c1-15-6-2-3-9-18(15)14-31(29,30)23-25-13-20(24)21(27-23)22(28)26-19-11-10-16-7-4-5-8-17(16)12-19/h2-13H,14H2,1H3,(H,26,28). The van der Waals surface area contributed by atoms with Crippen LogP contribution in [0, 0.1) is 6.92 Å². The first kappa shape index (κ1) is 21.1. The summed E-state index contributed by atoms with van der Waals surface area (Å²) < 4.78 is 26.1. The topological polar surface area (TPSA) is 89.0 Å². The molecule has 156 valence electrons. The molecule has 1 amide bonds. The van der Waals surface area contributed by atoms with E-state index in [1.165, 1.54) is 6.20 Å². The van der Waals surface area contributed by atoms with Gasteiger partial charge in [-0.1, -0.05) is 54.6 Å². The molecule has 0 bridgehead atoms. The molecule has 4 aromatic rings. The lowest BCUT2D eigenvalue weighted by atomic mass is 10.1. The molecule has 0 saturated carbocycles. The van der Waals surface area contributed by atoms with E-state index in [0.29, 0.717) is 15.7 Å². The fraction of sp³-hybridized carbons (Fsp3) is 0.0870. The molecule has 31 heavy (non-hydrogen) atoms. The maximum absolute atomic E-state index is 12.9. The number of anilines is 1. The van der Waals surface area contributed by atoms with E-state index in [2.05, 4.69) is 31.2 Å². The normalized spacial score (nSPS) is 11.4. The third-order valence-corrected chi connectivity index (χ3v) is 6.85. The Morgan fingerprint density at radius 1 is 1.00 bits per heavy atom. The zero-order chi connectivity index (χ0) is 22.0. The number of carbonyl (C=O) groups is 1. The lowest BCUT2D eigenvalue weighted by Gasteiger charge is -2.10. The van der Waals surface area contributed by atoms with Crippen LogP contribution in [0.3, 0.4) is 0 Å². The molecule has 0 radical (unpaired) electrons. The Hall–Kier alpha value is -3.10. The van der Waals surface area contributed by atoms with Gasteiger partial charge < -0.3 is 5.32 Å². The smallest absolute Gasteiger partial charge is 0.275 e. The predicted molar refractivity (Wildman–Crippen MR) is 124 cm³/mol. The number of nitrogens with zero attached hydrogens (tertiary/aromatic N) is 2. The van der Waals surface area contributed by atoms with Gasteiger partial charge in [0.05, 0.1) is 10.2 Å². The van der Waals surface area contributed by atoms with Crippen LogP contribution in [-0.2, 0) is 15.6 Å². The maximum Gasteiger partial charge on any atom is 0.275 e.